The molecule has 0 bridgehead atoms. The number of amides is 1. The highest BCUT2D eigenvalue weighted by atomic mass is 35.5. The van der Waals surface area contributed by atoms with Gasteiger partial charge in [0.2, 0.25) is 5.95 Å². The SMILES string of the molecule is CCCCN(C)c1nc(C)cc(C(=O)Nc2ccc(C)c(Cl)c2)n1. The Morgan fingerprint density at radius 3 is 2.67 bits per heavy atom. The molecule has 0 unspecified atom stereocenters. The van der Waals surface area contributed by atoms with Gasteiger partial charge in [0.1, 0.15) is 5.69 Å². The van der Waals surface area contributed by atoms with Gasteiger partial charge in [0.05, 0.1) is 0 Å². The molecular weight excluding hydrogens is 324 g/mol. The van der Waals surface area contributed by atoms with Crippen molar-refractivity contribution in [2.45, 2.75) is 33.6 Å². The smallest absolute Gasteiger partial charge is 0.274 e. The second kappa shape index (κ2) is 8.11. The van der Waals surface area contributed by atoms with Crippen molar-refractivity contribution in [2.24, 2.45) is 0 Å². The van der Waals surface area contributed by atoms with E-state index in [1.807, 2.05) is 37.9 Å². The van der Waals surface area contributed by atoms with Crippen LogP contribution in [0, 0.1) is 13.8 Å². The third-order valence-electron chi connectivity index (χ3n) is 3.69. The Morgan fingerprint density at radius 1 is 1.25 bits per heavy atom. The van der Waals surface area contributed by atoms with Gasteiger partial charge in [0.15, 0.2) is 0 Å². The van der Waals surface area contributed by atoms with Gasteiger partial charge in [-0.15, -0.1) is 0 Å². The molecule has 2 rings (SSSR count). The maximum atomic E-state index is 12.5. The largest absolute Gasteiger partial charge is 0.344 e. The summed E-state index contributed by atoms with van der Waals surface area (Å²) in [7, 11) is 1.94. The number of nitrogens with zero attached hydrogens (tertiary/aromatic N) is 3. The molecule has 0 saturated carbocycles. The Bertz CT molecular complexity index is 733. The molecule has 0 spiro atoms. The standard InChI is InChI=1S/C18H23ClN4O/c1-5-6-9-23(4)18-20-13(3)10-16(22-18)17(24)21-14-8-7-12(2)15(19)11-14/h7-8,10-11H,5-6,9H2,1-4H3,(H,21,24). The third-order valence-corrected chi connectivity index (χ3v) is 4.10. The molecule has 1 heterocycles. The third kappa shape index (κ3) is 4.68. The predicted octanol–water partition coefficient (Wildman–Crippen LogP) is 4.24. The maximum absolute atomic E-state index is 12.5. The van der Waals surface area contributed by atoms with Crippen molar-refractivity contribution >= 4 is 29.1 Å². The molecule has 0 fully saturated rings. The minimum atomic E-state index is -0.273. The molecule has 0 aliphatic heterocycles. The van der Waals surface area contributed by atoms with E-state index in [2.05, 4.69) is 22.2 Å². The second-order valence-electron chi connectivity index (χ2n) is 5.89. The number of hydrogen-bond acceptors (Lipinski definition) is 4. The highest BCUT2D eigenvalue weighted by Gasteiger charge is 2.13. The van der Waals surface area contributed by atoms with E-state index >= 15 is 0 Å². The number of carbonyl (C=O) groups is 1. The first-order chi connectivity index (χ1) is 11.4. The molecule has 1 amide bonds. The predicted molar refractivity (Wildman–Crippen MR) is 99.1 cm³/mol. The molecular formula is C18H23ClN4O. The summed E-state index contributed by atoms with van der Waals surface area (Å²) in [5, 5.41) is 3.45. The van der Waals surface area contributed by atoms with Crippen molar-refractivity contribution in [1.29, 1.82) is 0 Å². The van der Waals surface area contributed by atoms with Crippen LogP contribution in [0.2, 0.25) is 5.02 Å². The number of anilines is 2. The molecule has 128 valence electrons. The van der Waals surface area contributed by atoms with E-state index in [4.69, 9.17) is 11.6 Å². The van der Waals surface area contributed by atoms with Gasteiger partial charge in [-0.05, 0) is 44.0 Å². The zero-order chi connectivity index (χ0) is 17.7. The number of hydrogen-bond donors (Lipinski definition) is 1. The molecule has 0 atom stereocenters. The summed E-state index contributed by atoms with van der Waals surface area (Å²) in [5.74, 6) is 0.293. The average molecular weight is 347 g/mol. The van der Waals surface area contributed by atoms with E-state index in [9.17, 15) is 4.79 Å². The van der Waals surface area contributed by atoms with Crippen LogP contribution in [0.5, 0.6) is 0 Å². The Morgan fingerprint density at radius 2 is 2.00 bits per heavy atom. The molecule has 2 aromatic rings. The van der Waals surface area contributed by atoms with Gasteiger partial charge < -0.3 is 10.2 Å². The van der Waals surface area contributed by atoms with Crippen LogP contribution in [-0.2, 0) is 0 Å². The van der Waals surface area contributed by atoms with Crippen molar-refractivity contribution in [2.75, 3.05) is 23.8 Å². The molecule has 6 heteroatoms. The molecule has 0 saturated heterocycles. The Balaban J connectivity index is 2.19. The van der Waals surface area contributed by atoms with Crippen molar-refractivity contribution in [3.8, 4) is 0 Å². The van der Waals surface area contributed by atoms with Crippen molar-refractivity contribution in [1.82, 2.24) is 9.97 Å². The van der Waals surface area contributed by atoms with Crippen LogP contribution in [0.1, 0.15) is 41.5 Å². The lowest BCUT2D eigenvalue weighted by atomic mass is 10.2. The number of carbonyl (C=O) groups excluding carboxylic acids is 1. The van der Waals surface area contributed by atoms with E-state index in [0.29, 0.717) is 22.4 Å². The van der Waals surface area contributed by atoms with E-state index in [1.165, 1.54) is 0 Å². The number of unbranched alkanes of at least 4 members (excludes halogenated alkanes) is 1. The lowest BCUT2D eigenvalue weighted by Gasteiger charge is -2.17. The number of rotatable bonds is 6. The van der Waals surface area contributed by atoms with Gasteiger partial charge in [-0.3, -0.25) is 4.79 Å². The molecule has 24 heavy (non-hydrogen) atoms. The highest BCUT2D eigenvalue weighted by Crippen LogP contribution is 2.20. The molecule has 1 N–H and O–H groups in total. The highest BCUT2D eigenvalue weighted by molar-refractivity contribution is 6.31. The number of aryl methyl sites for hydroxylation is 2. The molecule has 0 aliphatic rings. The first kappa shape index (κ1) is 18.2. The topological polar surface area (TPSA) is 58.1 Å². The van der Waals surface area contributed by atoms with E-state index < -0.39 is 0 Å². The summed E-state index contributed by atoms with van der Waals surface area (Å²) in [6.45, 7) is 6.77. The maximum Gasteiger partial charge on any atom is 0.274 e. The normalized spacial score (nSPS) is 10.5. The van der Waals surface area contributed by atoms with Crippen molar-refractivity contribution in [3.63, 3.8) is 0 Å². The van der Waals surface area contributed by atoms with Crippen LogP contribution >= 0.6 is 11.6 Å². The lowest BCUT2D eigenvalue weighted by Crippen LogP contribution is -2.23. The first-order valence-corrected chi connectivity index (χ1v) is 8.43. The number of benzene rings is 1. The van der Waals surface area contributed by atoms with Crippen LogP contribution in [0.15, 0.2) is 24.3 Å². The van der Waals surface area contributed by atoms with E-state index in [1.54, 1.807) is 12.1 Å². The number of nitrogens with one attached hydrogen (secondary N) is 1. The van der Waals surface area contributed by atoms with E-state index in [-0.39, 0.29) is 5.91 Å². The van der Waals surface area contributed by atoms with Gasteiger partial charge in [0.25, 0.3) is 5.91 Å². The fourth-order valence-electron chi connectivity index (χ4n) is 2.20. The van der Waals surface area contributed by atoms with Crippen LogP contribution in [0.4, 0.5) is 11.6 Å². The fourth-order valence-corrected chi connectivity index (χ4v) is 2.38. The van der Waals surface area contributed by atoms with Crippen LogP contribution in [0.3, 0.4) is 0 Å². The summed E-state index contributed by atoms with van der Waals surface area (Å²) in [6, 6.07) is 7.11. The van der Waals surface area contributed by atoms with Gasteiger partial charge >= 0.3 is 0 Å². The van der Waals surface area contributed by atoms with Crippen LogP contribution in [0.25, 0.3) is 0 Å². The average Bonchev–Trinajstić information content (AvgIpc) is 2.55. The Labute approximate surface area is 148 Å². The number of halogens is 1. The van der Waals surface area contributed by atoms with E-state index in [0.717, 1.165) is 30.6 Å². The fraction of sp³-hybridized carbons (Fsp3) is 0.389. The Kier molecular flexibility index (Phi) is 6.15. The van der Waals surface area contributed by atoms with Gasteiger partial charge in [-0.1, -0.05) is 31.0 Å². The Hall–Kier alpha value is -2.14. The minimum Gasteiger partial charge on any atom is -0.344 e. The molecule has 1 aromatic heterocycles. The molecule has 0 radical (unpaired) electrons. The van der Waals surface area contributed by atoms with Gasteiger partial charge in [-0.25, -0.2) is 9.97 Å². The van der Waals surface area contributed by atoms with Crippen molar-refractivity contribution in [3.05, 3.63) is 46.2 Å². The summed E-state index contributed by atoms with van der Waals surface area (Å²) in [6.07, 6.45) is 2.15. The zero-order valence-corrected chi connectivity index (χ0v) is 15.3. The first-order valence-electron chi connectivity index (χ1n) is 8.05. The minimum absolute atomic E-state index is 0.273. The molecule has 1 aromatic carbocycles. The van der Waals surface area contributed by atoms with Crippen LogP contribution in [-0.4, -0.2) is 29.5 Å². The number of aromatic nitrogens is 2. The zero-order valence-electron chi connectivity index (χ0n) is 14.6. The quantitative estimate of drug-likeness (QED) is 0.850. The summed E-state index contributed by atoms with van der Waals surface area (Å²) >= 11 is 6.10. The van der Waals surface area contributed by atoms with Crippen LogP contribution < -0.4 is 10.2 Å². The monoisotopic (exact) mass is 346 g/mol. The summed E-state index contributed by atoms with van der Waals surface area (Å²) in [5.41, 5.74) is 2.72. The molecule has 5 nitrogen and oxygen atoms in total. The lowest BCUT2D eigenvalue weighted by molar-refractivity contribution is 0.102. The van der Waals surface area contributed by atoms with Gasteiger partial charge in [-0.2, -0.15) is 0 Å². The molecule has 0 aliphatic carbocycles. The summed E-state index contributed by atoms with van der Waals surface area (Å²) in [4.78, 5) is 23.3. The van der Waals surface area contributed by atoms with Gasteiger partial charge in [0, 0.05) is 30.0 Å². The second-order valence-corrected chi connectivity index (χ2v) is 6.29. The summed E-state index contributed by atoms with van der Waals surface area (Å²) < 4.78 is 0. The van der Waals surface area contributed by atoms with Crippen molar-refractivity contribution < 1.29 is 4.79 Å².